The summed E-state index contributed by atoms with van der Waals surface area (Å²) in [5.74, 6) is 0.894. The molecule has 0 aliphatic carbocycles. The van der Waals surface area contributed by atoms with Gasteiger partial charge in [0.05, 0.1) is 6.26 Å². The van der Waals surface area contributed by atoms with Crippen LogP contribution in [0.1, 0.15) is 22.9 Å². The van der Waals surface area contributed by atoms with E-state index in [0.29, 0.717) is 6.42 Å². The van der Waals surface area contributed by atoms with Crippen LogP contribution in [0.15, 0.2) is 41.0 Å². The number of hydrogen-bond donors (Lipinski definition) is 1. The van der Waals surface area contributed by atoms with E-state index >= 15 is 0 Å². The molecule has 3 heteroatoms. The van der Waals surface area contributed by atoms with Crippen LogP contribution in [0.2, 0.25) is 5.02 Å². The molecule has 1 aromatic carbocycles. The molecule has 0 amide bonds. The van der Waals surface area contributed by atoms with E-state index in [0.717, 1.165) is 21.9 Å². The Labute approximate surface area is 100 Å². The van der Waals surface area contributed by atoms with Gasteiger partial charge in [0.1, 0.15) is 5.76 Å². The first-order valence-corrected chi connectivity index (χ1v) is 5.58. The van der Waals surface area contributed by atoms with E-state index in [4.69, 9.17) is 21.8 Å². The van der Waals surface area contributed by atoms with Gasteiger partial charge in [-0.05, 0) is 42.3 Å². The molecule has 0 saturated carbocycles. The molecular weight excluding hydrogens is 222 g/mol. The van der Waals surface area contributed by atoms with Crippen LogP contribution in [-0.2, 0) is 6.42 Å². The van der Waals surface area contributed by atoms with E-state index in [1.807, 2.05) is 31.2 Å². The molecule has 2 N–H and O–H groups in total. The summed E-state index contributed by atoms with van der Waals surface area (Å²) in [6.07, 6.45) is 2.35. The van der Waals surface area contributed by atoms with Gasteiger partial charge in [-0.15, -0.1) is 0 Å². The highest BCUT2D eigenvalue weighted by atomic mass is 35.5. The molecule has 2 nitrogen and oxygen atoms in total. The smallest absolute Gasteiger partial charge is 0.105 e. The lowest BCUT2D eigenvalue weighted by atomic mass is 10.0. The van der Waals surface area contributed by atoms with Crippen molar-refractivity contribution in [2.75, 3.05) is 0 Å². The number of nitrogens with two attached hydrogens (primary N) is 1. The summed E-state index contributed by atoms with van der Waals surface area (Å²) < 4.78 is 5.27. The Morgan fingerprint density at radius 1 is 1.38 bits per heavy atom. The molecule has 16 heavy (non-hydrogen) atoms. The second-order valence-corrected chi connectivity index (χ2v) is 4.39. The monoisotopic (exact) mass is 235 g/mol. The summed E-state index contributed by atoms with van der Waals surface area (Å²) in [6.45, 7) is 2.01. The Morgan fingerprint density at radius 2 is 2.19 bits per heavy atom. The molecule has 0 fully saturated rings. The largest absolute Gasteiger partial charge is 0.469 e. The molecule has 1 heterocycles. The molecule has 84 valence electrons. The van der Waals surface area contributed by atoms with Crippen molar-refractivity contribution < 1.29 is 4.42 Å². The lowest BCUT2D eigenvalue weighted by Crippen LogP contribution is -2.13. The third kappa shape index (κ3) is 2.65. The molecule has 0 bridgehead atoms. The van der Waals surface area contributed by atoms with Gasteiger partial charge in [-0.1, -0.05) is 17.7 Å². The van der Waals surface area contributed by atoms with Crippen molar-refractivity contribution in [3.05, 3.63) is 58.5 Å². The highest BCUT2D eigenvalue weighted by Crippen LogP contribution is 2.21. The van der Waals surface area contributed by atoms with Gasteiger partial charge in [0.2, 0.25) is 0 Å². The Morgan fingerprint density at radius 3 is 2.81 bits per heavy atom. The molecular formula is C13H14ClNO. The number of benzene rings is 1. The van der Waals surface area contributed by atoms with Gasteiger partial charge in [-0.2, -0.15) is 0 Å². The van der Waals surface area contributed by atoms with Crippen LogP contribution in [0.5, 0.6) is 0 Å². The Hall–Kier alpha value is -1.25. The average Bonchev–Trinajstić information content (AvgIpc) is 2.68. The number of halogens is 1. The zero-order valence-corrected chi connectivity index (χ0v) is 9.87. The second kappa shape index (κ2) is 4.73. The highest BCUT2D eigenvalue weighted by Gasteiger charge is 2.09. The van der Waals surface area contributed by atoms with Crippen LogP contribution in [0.4, 0.5) is 0 Å². The van der Waals surface area contributed by atoms with Crippen molar-refractivity contribution in [2.45, 2.75) is 19.4 Å². The van der Waals surface area contributed by atoms with Crippen molar-refractivity contribution in [2.24, 2.45) is 5.73 Å². The molecule has 0 aliphatic rings. The van der Waals surface area contributed by atoms with E-state index in [1.165, 1.54) is 0 Å². The molecule has 1 aromatic heterocycles. The number of aryl methyl sites for hydroxylation is 1. The Bertz CT molecular complexity index is 445. The summed E-state index contributed by atoms with van der Waals surface area (Å²) in [5.41, 5.74) is 8.27. The molecule has 0 radical (unpaired) electrons. The first-order chi connectivity index (χ1) is 7.65. The van der Waals surface area contributed by atoms with E-state index in [1.54, 1.807) is 6.26 Å². The predicted octanol–water partition coefficient (Wildman–Crippen LogP) is 3.48. The van der Waals surface area contributed by atoms with Crippen LogP contribution in [-0.4, -0.2) is 0 Å². The standard InChI is InChI=1S/C13H14ClNO/c1-9-5-10(7-11(14)6-9)13(15)8-12-3-2-4-16-12/h2-7,13H,8,15H2,1H3. The molecule has 2 rings (SSSR count). The second-order valence-electron chi connectivity index (χ2n) is 3.95. The van der Waals surface area contributed by atoms with E-state index in [-0.39, 0.29) is 6.04 Å². The minimum atomic E-state index is -0.0800. The van der Waals surface area contributed by atoms with Gasteiger partial charge in [0.15, 0.2) is 0 Å². The summed E-state index contributed by atoms with van der Waals surface area (Å²) in [7, 11) is 0. The number of hydrogen-bond acceptors (Lipinski definition) is 2. The van der Waals surface area contributed by atoms with Gasteiger partial charge >= 0.3 is 0 Å². The Balaban J connectivity index is 2.17. The lowest BCUT2D eigenvalue weighted by molar-refractivity contribution is 0.488. The average molecular weight is 236 g/mol. The number of furan rings is 1. The van der Waals surface area contributed by atoms with Gasteiger partial charge < -0.3 is 10.2 Å². The zero-order valence-electron chi connectivity index (χ0n) is 9.11. The zero-order chi connectivity index (χ0) is 11.5. The van der Waals surface area contributed by atoms with Crippen molar-refractivity contribution in [1.29, 1.82) is 0 Å². The van der Waals surface area contributed by atoms with Crippen molar-refractivity contribution in [3.8, 4) is 0 Å². The summed E-state index contributed by atoms with van der Waals surface area (Å²) >= 11 is 6.00. The fourth-order valence-corrected chi connectivity index (χ4v) is 2.04. The third-order valence-electron chi connectivity index (χ3n) is 2.49. The third-order valence-corrected chi connectivity index (χ3v) is 2.71. The topological polar surface area (TPSA) is 39.2 Å². The van der Waals surface area contributed by atoms with Crippen molar-refractivity contribution >= 4 is 11.6 Å². The van der Waals surface area contributed by atoms with Crippen LogP contribution in [0.3, 0.4) is 0 Å². The van der Waals surface area contributed by atoms with Crippen LogP contribution in [0, 0.1) is 6.92 Å². The lowest BCUT2D eigenvalue weighted by Gasteiger charge is -2.11. The SMILES string of the molecule is Cc1cc(Cl)cc(C(N)Cc2ccco2)c1. The van der Waals surface area contributed by atoms with Gasteiger partial charge in [-0.3, -0.25) is 0 Å². The van der Waals surface area contributed by atoms with Gasteiger partial charge in [0.25, 0.3) is 0 Å². The quantitative estimate of drug-likeness (QED) is 0.885. The summed E-state index contributed by atoms with van der Waals surface area (Å²) in [5, 5.41) is 0.727. The fraction of sp³-hybridized carbons (Fsp3) is 0.231. The first-order valence-electron chi connectivity index (χ1n) is 5.20. The minimum absolute atomic E-state index is 0.0800. The maximum atomic E-state index is 6.11. The van der Waals surface area contributed by atoms with E-state index < -0.39 is 0 Å². The summed E-state index contributed by atoms with van der Waals surface area (Å²) in [4.78, 5) is 0. The van der Waals surface area contributed by atoms with Crippen molar-refractivity contribution in [3.63, 3.8) is 0 Å². The normalized spacial score (nSPS) is 12.7. The first kappa shape index (κ1) is 11.2. The van der Waals surface area contributed by atoms with Crippen LogP contribution < -0.4 is 5.73 Å². The van der Waals surface area contributed by atoms with E-state index in [2.05, 4.69) is 6.07 Å². The molecule has 0 saturated heterocycles. The van der Waals surface area contributed by atoms with Crippen molar-refractivity contribution in [1.82, 2.24) is 0 Å². The highest BCUT2D eigenvalue weighted by molar-refractivity contribution is 6.30. The minimum Gasteiger partial charge on any atom is -0.469 e. The fourth-order valence-electron chi connectivity index (χ4n) is 1.74. The van der Waals surface area contributed by atoms with Gasteiger partial charge in [0, 0.05) is 17.5 Å². The molecule has 1 atom stereocenters. The molecule has 2 aromatic rings. The van der Waals surface area contributed by atoms with Crippen LogP contribution >= 0.6 is 11.6 Å². The van der Waals surface area contributed by atoms with Crippen LogP contribution in [0.25, 0.3) is 0 Å². The molecule has 0 spiro atoms. The molecule has 1 unspecified atom stereocenters. The maximum absolute atomic E-state index is 6.11. The van der Waals surface area contributed by atoms with E-state index in [9.17, 15) is 0 Å². The predicted molar refractivity (Wildman–Crippen MR) is 65.5 cm³/mol. The maximum Gasteiger partial charge on any atom is 0.105 e. The Kier molecular flexibility index (Phi) is 3.32. The number of rotatable bonds is 3. The molecule has 0 aliphatic heterocycles. The van der Waals surface area contributed by atoms with Gasteiger partial charge in [-0.25, -0.2) is 0 Å². The summed E-state index contributed by atoms with van der Waals surface area (Å²) in [6, 6.07) is 9.60.